The lowest BCUT2D eigenvalue weighted by atomic mass is 9.97. The van der Waals surface area contributed by atoms with Gasteiger partial charge >= 0.3 is 5.97 Å². The second-order valence-electron chi connectivity index (χ2n) is 3.85. The number of carboxylic acids is 1. The van der Waals surface area contributed by atoms with Gasteiger partial charge in [0.15, 0.2) is 0 Å². The van der Waals surface area contributed by atoms with Crippen LogP contribution in [0.1, 0.15) is 26.2 Å². The number of rotatable bonds is 8. The van der Waals surface area contributed by atoms with Gasteiger partial charge in [0.25, 0.3) is 0 Å². The van der Waals surface area contributed by atoms with Crippen LogP contribution in [-0.2, 0) is 4.79 Å². The predicted molar refractivity (Wildman–Crippen MR) is 65.3 cm³/mol. The van der Waals surface area contributed by atoms with E-state index < -0.39 is 12.0 Å². The molecule has 2 atom stereocenters. The molecule has 0 aliphatic carbocycles. The van der Waals surface area contributed by atoms with Crippen LogP contribution in [-0.4, -0.2) is 29.5 Å². The third kappa shape index (κ3) is 6.19. The molecule has 0 heterocycles. The van der Waals surface area contributed by atoms with E-state index in [2.05, 4.69) is 11.6 Å². The van der Waals surface area contributed by atoms with Crippen molar-refractivity contribution in [3.05, 3.63) is 12.7 Å². The maximum absolute atomic E-state index is 10.6. The molecule has 0 aliphatic heterocycles. The SMILES string of the molecule is C=CCC(N)=NCCCC(C)[C@H](N)C(=O)O. The molecule has 0 saturated heterocycles. The highest BCUT2D eigenvalue weighted by Crippen LogP contribution is 2.09. The van der Waals surface area contributed by atoms with Gasteiger partial charge in [-0.2, -0.15) is 0 Å². The maximum atomic E-state index is 10.6. The van der Waals surface area contributed by atoms with Crippen LogP contribution < -0.4 is 11.5 Å². The summed E-state index contributed by atoms with van der Waals surface area (Å²) in [4.78, 5) is 14.7. The minimum Gasteiger partial charge on any atom is -0.480 e. The summed E-state index contributed by atoms with van der Waals surface area (Å²) in [6, 6.07) is -0.797. The van der Waals surface area contributed by atoms with Gasteiger partial charge < -0.3 is 16.6 Å². The lowest BCUT2D eigenvalue weighted by Crippen LogP contribution is -2.36. The molecule has 0 aromatic heterocycles. The van der Waals surface area contributed by atoms with Gasteiger partial charge in [-0.3, -0.25) is 9.79 Å². The van der Waals surface area contributed by atoms with E-state index in [1.807, 2.05) is 6.92 Å². The van der Waals surface area contributed by atoms with Crippen LogP contribution in [0.15, 0.2) is 17.6 Å². The van der Waals surface area contributed by atoms with Crippen molar-refractivity contribution >= 4 is 11.8 Å². The van der Waals surface area contributed by atoms with Crippen LogP contribution in [0.4, 0.5) is 0 Å². The molecule has 0 fully saturated rings. The van der Waals surface area contributed by atoms with Gasteiger partial charge in [0, 0.05) is 13.0 Å². The van der Waals surface area contributed by atoms with Crippen LogP contribution in [0.5, 0.6) is 0 Å². The monoisotopic (exact) mass is 227 g/mol. The minimum atomic E-state index is -0.956. The number of aliphatic imine (C=N–C) groups is 1. The summed E-state index contributed by atoms with van der Waals surface area (Å²) >= 11 is 0. The van der Waals surface area contributed by atoms with E-state index in [4.69, 9.17) is 16.6 Å². The molecule has 0 bridgehead atoms. The van der Waals surface area contributed by atoms with E-state index in [-0.39, 0.29) is 5.92 Å². The highest BCUT2D eigenvalue weighted by molar-refractivity contribution is 5.81. The number of hydrogen-bond donors (Lipinski definition) is 3. The third-order valence-corrected chi connectivity index (χ3v) is 2.38. The predicted octanol–water partition coefficient (Wildman–Crippen LogP) is 0.748. The smallest absolute Gasteiger partial charge is 0.320 e. The van der Waals surface area contributed by atoms with Gasteiger partial charge in [0.2, 0.25) is 0 Å². The molecule has 0 radical (unpaired) electrons. The molecule has 5 N–H and O–H groups in total. The normalized spacial score (nSPS) is 15.5. The maximum Gasteiger partial charge on any atom is 0.320 e. The van der Waals surface area contributed by atoms with Crippen molar-refractivity contribution < 1.29 is 9.90 Å². The zero-order valence-corrected chi connectivity index (χ0v) is 9.72. The van der Waals surface area contributed by atoms with Crippen LogP contribution >= 0.6 is 0 Å². The Morgan fingerprint density at radius 3 is 2.75 bits per heavy atom. The van der Waals surface area contributed by atoms with Crippen LogP contribution in [0.3, 0.4) is 0 Å². The molecule has 0 aromatic carbocycles. The molecule has 0 aliphatic rings. The number of carboxylic acid groups (broad SMARTS) is 1. The highest BCUT2D eigenvalue weighted by atomic mass is 16.4. The molecule has 0 spiro atoms. The first-order chi connectivity index (χ1) is 7.49. The third-order valence-electron chi connectivity index (χ3n) is 2.38. The van der Waals surface area contributed by atoms with E-state index in [1.165, 1.54) is 0 Å². The van der Waals surface area contributed by atoms with Crippen molar-refractivity contribution in [1.29, 1.82) is 0 Å². The topological polar surface area (TPSA) is 102 Å². The van der Waals surface area contributed by atoms with Gasteiger partial charge in [-0.25, -0.2) is 0 Å². The van der Waals surface area contributed by atoms with E-state index >= 15 is 0 Å². The first-order valence-electron chi connectivity index (χ1n) is 5.37. The van der Waals surface area contributed by atoms with E-state index in [9.17, 15) is 4.79 Å². The molecular weight excluding hydrogens is 206 g/mol. The van der Waals surface area contributed by atoms with Gasteiger partial charge in [0.05, 0.1) is 5.84 Å². The standard InChI is InChI=1S/C11H21N3O2/c1-3-5-9(12)14-7-4-6-8(2)10(13)11(15)16/h3,8,10H,1,4-7,13H2,2H3,(H2,12,14)(H,15,16)/t8?,10-/m0/s1. The lowest BCUT2D eigenvalue weighted by Gasteiger charge is -2.14. The average Bonchev–Trinajstić information content (AvgIpc) is 2.23. The second kappa shape index (κ2) is 7.87. The summed E-state index contributed by atoms with van der Waals surface area (Å²) in [6.07, 6.45) is 3.81. The first kappa shape index (κ1) is 14.6. The molecule has 16 heavy (non-hydrogen) atoms. The molecule has 0 amide bonds. The van der Waals surface area contributed by atoms with Crippen molar-refractivity contribution in [2.45, 2.75) is 32.2 Å². The summed E-state index contributed by atoms with van der Waals surface area (Å²) < 4.78 is 0. The van der Waals surface area contributed by atoms with Crippen LogP contribution in [0, 0.1) is 5.92 Å². The van der Waals surface area contributed by atoms with Crippen molar-refractivity contribution in [3.63, 3.8) is 0 Å². The van der Waals surface area contributed by atoms with E-state index in [0.29, 0.717) is 18.8 Å². The summed E-state index contributed by atoms with van der Waals surface area (Å²) in [5, 5.41) is 8.68. The number of nitrogens with two attached hydrogens (primary N) is 2. The van der Waals surface area contributed by atoms with Crippen molar-refractivity contribution in [1.82, 2.24) is 0 Å². The summed E-state index contributed by atoms with van der Waals surface area (Å²) in [5.74, 6) is -0.444. The summed E-state index contributed by atoms with van der Waals surface area (Å²) in [6.45, 7) is 5.99. The molecule has 0 saturated carbocycles. The van der Waals surface area contributed by atoms with Crippen molar-refractivity contribution in [2.24, 2.45) is 22.4 Å². The second-order valence-corrected chi connectivity index (χ2v) is 3.85. The minimum absolute atomic E-state index is 0.0478. The largest absolute Gasteiger partial charge is 0.480 e. The van der Waals surface area contributed by atoms with Gasteiger partial charge in [0.1, 0.15) is 6.04 Å². The molecule has 1 unspecified atom stereocenters. The van der Waals surface area contributed by atoms with Crippen molar-refractivity contribution in [2.75, 3.05) is 6.54 Å². The Bertz CT molecular complexity index is 264. The Balaban J connectivity index is 3.78. The van der Waals surface area contributed by atoms with Gasteiger partial charge in [-0.1, -0.05) is 13.0 Å². The fraction of sp³-hybridized carbons (Fsp3) is 0.636. The Labute approximate surface area is 96.2 Å². The fourth-order valence-electron chi connectivity index (χ4n) is 1.27. The Morgan fingerprint density at radius 2 is 2.25 bits per heavy atom. The molecule has 0 rings (SSSR count). The fourth-order valence-corrected chi connectivity index (χ4v) is 1.27. The molecular formula is C11H21N3O2. The zero-order valence-electron chi connectivity index (χ0n) is 9.72. The Kier molecular flexibility index (Phi) is 7.20. The molecule has 0 aromatic rings. The quantitative estimate of drug-likeness (QED) is 0.246. The first-order valence-corrected chi connectivity index (χ1v) is 5.37. The summed E-state index contributed by atoms with van der Waals surface area (Å²) in [7, 11) is 0. The Hall–Kier alpha value is -1.36. The number of aliphatic carboxylic acids is 1. The lowest BCUT2D eigenvalue weighted by molar-refractivity contribution is -0.139. The summed E-state index contributed by atoms with van der Waals surface area (Å²) in [5.41, 5.74) is 11.0. The number of hydrogen-bond acceptors (Lipinski definition) is 3. The molecule has 92 valence electrons. The molecule has 5 nitrogen and oxygen atoms in total. The Morgan fingerprint density at radius 1 is 1.62 bits per heavy atom. The van der Waals surface area contributed by atoms with E-state index in [1.54, 1.807) is 6.08 Å². The number of carbonyl (C=O) groups is 1. The number of nitrogens with zero attached hydrogens (tertiary/aromatic N) is 1. The number of amidine groups is 1. The molecule has 5 heteroatoms. The van der Waals surface area contributed by atoms with Crippen LogP contribution in [0.25, 0.3) is 0 Å². The van der Waals surface area contributed by atoms with E-state index in [0.717, 1.165) is 12.8 Å². The van der Waals surface area contributed by atoms with Crippen LogP contribution in [0.2, 0.25) is 0 Å². The highest BCUT2D eigenvalue weighted by Gasteiger charge is 2.18. The van der Waals surface area contributed by atoms with Gasteiger partial charge in [-0.05, 0) is 18.8 Å². The zero-order chi connectivity index (χ0) is 12.6. The average molecular weight is 227 g/mol. The van der Waals surface area contributed by atoms with Crippen molar-refractivity contribution in [3.8, 4) is 0 Å². The van der Waals surface area contributed by atoms with Gasteiger partial charge in [-0.15, -0.1) is 6.58 Å².